The number of hydrogen-bond donors (Lipinski definition) is 1. The number of halogens is 1. The monoisotopic (exact) mass is 419 g/mol. The number of nitrogens with one attached hydrogen (secondary N) is 1. The highest BCUT2D eigenvalue weighted by molar-refractivity contribution is 7.16. The maximum Gasteiger partial charge on any atom is 0.410 e. The van der Waals surface area contributed by atoms with Gasteiger partial charge in [-0.05, 0) is 30.9 Å². The van der Waals surface area contributed by atoms with Gasteiger partial charge in [0.05, 0.1) is 18.7 Å². The van der Waals surface area contributed by atoms with E-state index in [9.17, 15) is 14.9 Å². The summed E-state index contributed by atoms with van der Waals surface area (Å²) in [6.45, 7) is 6.68. The highest BCUT2D eigenvalue weighted by Gasteiger charge is 2.28. The Balaban J connectivity index is 2.07. The molecule has 0 aliphatic carbocycles. The van der Waals surface area contributed by atoms with Crippen molar-refractivity contribution in [3.05, 3.63) is 51.9 Å². The Hall–Kier alpha value is -2.56. The van der Waals surface area contributed by atoms with Gasteiger partial charge in [-0.2, -0.15) is 5.26 Å². The topological polar surface area (TPSA) is 82.4 Å². The molecule has 0 fully saturated rings. The summed E-state index contributed by atoms with van der Waals surface area (Å²) in [4.78, 5) is 26.8. The zero-order chi connectivity index (χ0) is 20.5. The van der Waals surface area contributed by atoms with Gasteiger partial charge in [-0.25, -0.2) is 4.79 Å². The van der Waals surface area contributed by atoms with Crippen LogP contribution in [-0.2, 0) is 22.5 Å². The van der Waals surface area contributed by atoms with Crippen molar-refractivity contribution in [2.45, 2.75) is 32.7 Å². The number of allylic oxidation sites excluding steroid dienone is 4. The molecule has 0 saturated heterocycles. The summed E-state index contributed by atoms with van der Waals surface area (Å²) < 4.78 is 5.05. The van der Waals surface area contributed by atoms with Crippen molar-refractivity contribution in [3.8, 4) is 6.07 Å². The van der Waals surface area contributed by atoms with Crippen molar-refractivity contribution in [2.75, 3.05) is 18.5 Å². The first-order valence-electron chi connectivity index (χ1n) is 8.88. The molecule has 1 aromatic heterocycles. The number of anilines is 1. The summed E-state index contributed by atoms with van der Waals surface area (Å²) in [6, 6.07) is 2.19. The van der Waals surface area contributed by atoms with Crippen LogP contribution in [0.15, 0.2) is 35.9 Å². The van der Waals surface area contributed by atoms with Crippen LogP contribution >= 0.6 is 22.9 Å². The van der Waals surface area contributed by atoms with Gasteiger partial charge in [-0.1, -0.05) is 36.4 Å². The predicted octanol–water partition coefficient (Wildman–Crippen LogP) is 4.72. The minimum Gasteiger partial charge on any atom is -0.450 e. The molecule has 2 rings (SSSR count). The van der Waals surface area contributed by atoms with E-state index in [1.54, 1.807) is 30.1 Å². The van der Waals surface area contributed by atoms with E-state index in [0.29, 0.717) is 43.1 Å². The van der Waals surface area contributed by atoms with Gasteiger partial charge in [0.1, 0.15) is 11.1 Å². The fourth-order valence-corrected chi connectivity index (χ4v) is 4.14. The molecule has 0 bridgehead atoms. The van der Waals surface area contributed by atoms with E-state index in [4.69, 9.17) is 16.3 Å². The third-order valence-corrected chi connectivity index (χ3v) is 5.51. The van der Waals surface area contributed by atoms with Crippen molar-refractivity contribution in [1.82, 2.24) is 4.90 Å². The smallest absolute Gasteiger partial charge is 0.410 e. The van der Waals surface area contributed by atoms with Crippen molar-refractivity contribution in [3.63, 3.8) is 0 Å². The highest BCUT2D eigenvalue weighted by atomic mass is 35.5. The molecule has 2 heterocycles. The standard InChI is InChI=1S/C20H22ClN3O3S/c1-3-14(6-5-10-21)7-8-18(25)23-19-16(12-22)15-9-11-24(13-17(15)28-19)20(26)27-4-2/h3,5-6,10H,1,4,7-9,11,13H2,2H3,(H,23,25)/b10-5+,14-6+. The number of nitrogens with zero attached hydrogens (tertiary/aromatic N) is 2. The predicted molar refractivity (Wildman–Crippen MR) is 111 cm³/mol. The second-order valence-corrected chi connectivity index (χ2v) is 7.36. The average Bonchev–Trinajstić information content (AvgIpc) is 3.04. The van der Waals surface area contributed by atoms with E-state index >= 15 is 0 Å². The second kappa shape index (κ2) is 10.7. The SMILES string of the molecule is C=C/C(=C\C=C\Cl)CCC(=O)Nc1sc2c(c1C#N)CCN(C(=O)OCC)C2. The fourth-order valence-electron chi connectivity index (χ4n) is 2.84. The van der Waals surface area contributed by atoms with Crippen LogP contribution in [-0.4, -0.2) is 30.1 Å². The molecule has 0 radical (unpaired) electrons. The Bertz CT molecular complexity index is 852. The molecular formula is C20H22ClN3O3S. The number of amides is 2. The van der Waals surface area contributed by atoms with Crippen LogP contribution in [0, 0.1) is 11.3 Å². The molecule has 1 N–H and O–H groups in total. The lowest BCUT2D eigenvalue weighted by molar-refractivity contribution is -0.116. The minimum absolute atomic E-state index is 0.181. The van der Waals surface area contributed by atoms with Crippen LogP contribution in [0.1, 0.15) is 35.8 Å². The molecule has 148 valence electrons. The van der Waals surface area contributed by atoms with E-state index in [2.05, 4.69) is 18.0 Å². The number of ether oxygens (including phenoxy) is 1. The summed E-state index contributed by atoms with van der Waals surface area (Å²) in [5.74, 6) is -0.181. The van der Waals surface area contributed by atoms with Gasteiger partial charge in [-0.15, -0.1) is 11.3 Å². The summed E-state index contributed by atoms with van der Waals surface area (Å²) in [5, 5.41) is 12.9. The number of thiophene rings is 1. The van der Waals surface area contributed by atoms with Gasteiger partial charge in [0, 0.05) is 23.4 Å². The van der Waals surface area contributed by atoms with E-state index < -0.39 is 0 Å². The lowest BCUT2D eigenvalue weighted by Gasteiger charge is -2.25. The largest absolute Gasteiger partial charge is 0.450 e. The molecule has 28 heavy (non-hydrogen) atoms. The van der Waals surface area contributed by atoms with Crippen LogP contribution in [0.5, 0.6) is 0 Å². The van der Waals surface area contributed by atoms with Crippen LogP contribution in [0.3, 0.4) is 0 Å². The summed E-state index contributed by atoms with van der Waals surface area (Å²) >= 11 is 6.84. The van der Waals surface area contributed by atoms with E-state index in [0.717, 1.165) is 16.0 Å². The van der Waals surface area contributed by atoms with E-state index in [-0.39, 0.29) is 18.4 Å². The van der Waals surface area contributed by atoms with Gasteiger partial charge in [0.15, 0.2) is 0 Å². The van der Waals surface area contributed by atoms with Crippen molar-refractivity contribution >= 4 is 39.9 Å². The molecular weight excluding hydrogens is 398 g/mol. The Labute approximate surface area is 173 Å². The van der Waals surface area contributed by atoms with Crippen molar-refractivity contribution < 1.29 is 14.3 Å². The highest BCUT2D eigenvalue weighted by Crippen LogP contribution is 2.37. The van der Waals surface area contributed by atoms with E-state index in [1.807, 2.05) is 0 Å². The second-order valence-electron chi connectivity index (χ2n) is 6.00. The molecule has 8 heteroatoms. The molecule has 1 aromatic rings. The number of fused-ring (bicyclic) bond motifs is 1. The molecule has 6 nitrogen and oxygen atoms in total. The van der Waals surface area contributed by atoms with Gasteiger partial charge in [0.2, 0.25) is 5.91 Å². The zero-order valence-corrected chi connectivity index (χ0v) is 17.2. The number of nitriles is 1. The first kappa shape index (κ1) is 21.7. The van der Waals surface area contributed by atoms with Crippen LogP contribution < -0.4 is 5.32 Å². The van der Waals surface area contributed by atoms with Gasteiger partial charge in [0.25, 0.3) is 0 Å². The molecule has 0 saturated carbocycles. The van der Waals surface area contributed by atoms with Crippen molar-refractivity contribution in [1.29, 1.82) is 5.26 Å². The third-order valence-electron chi connectivity index (χ3n) is 4.23. The first-order valence-corrected chi connectivity index (χ1v) is 10.1. The molecule has 0 aromatic carbocycles. The number of carbonyl (C=O) groups excluding carboxylic acids is 2. The molecule has 0 spiro atoms. The fraction of sp³-hybridized carbons (Fsp3) is 0.350. The lowest BCUT2D eigenvalue weighted by atomic mass is 10.0. The number of rotatable bonds is 7. The summed E-state index contributed by atoms with van der Waals surface area (Å²) in [7, 11) is 0. The zero-order valence-electron chi connectivity index (χ0n) is 15.7. The summed E-state index contributed by atoms with van der Waals surface area (Å²) in [6.07, 6.45) is 6.13. The first-order chi connectivity index (χ1) is 13.5. The Kier molecular flexibility index (Phi) is 8.30. The number of carbonyl (C=O) groups is 2. The average molecular weight is 420 g/mol. The normalized spacial score (nSPS) is 13.8. The maximum absolute atomic E-state index is 12.3. The Morgan fingerprint density at radius 2 is 2.25 bits per heavy atom. The minimum atomic E-state index is -0.361. The van der Waals surface area contributed by atoms with E-state index in [1.165, 1.54) is 16.9 Å². The van der Waals surface area contributed by atoms with Gasteiger partial charge < -0.3 is 15.0 Å². The molecule has 0 unspecified atom stereocenters. The Morgan fingerprint density at radius 1 is 1.46 bits per heavy atom. The van der Waals surface area contributed by atoms with Crippen molar-refractivity contribution in [2.24, 2.45) is 0 Å². The molecule has 1 aliphatic rings. The quantitative estimate of drug-likeness (QED) is 0.648. The molecule has 0 atom stereocenters. The number of hydrogen-bond acceptors (Lipinski definition) is 5. The van der Waals surface area contributed by atoms with Crippen LogP contribution in [0.2, 0.25) is 0 Å². The van der Waals surface area contributed by atoms with Gasteiger partial charge >= 0.3 is 6.09 Å². The molecule has 1 aliphatic heterocycles. The maximum atomic E-state index is 12.3. The molecule has 2 amide bonds. The van der Waals surface area contributed by atoms with Gasteiger partial charge in [-0.3, -0.25) is 4.79 Å². The summed E-state index contributed by atoms with van der Waals surface area (Å²) in [5.41, 5.74) is 3.67. The van der Waals surface area contributed by atoms with Crippen LogP contribution in [0.25, 0.3) is 0 Å². The lowest BCUT2D eigenvalue weighted by Crippen LogP contribution is -2.35. The Morgan fingerprint density at radius 3 is 2.89 bits per heavy atom. The third kappa shape index (κ3) is 5.47. The van der Waals surface area contributed by atoms with Crippen LogP contribution in [0.4, 0.5) is 9.80 Å².